The molecule has 1 heterocycles. The van der Waals surface area contributed by atoms with Gasteiger partial charge in [0.15, 0.2) is 0 Å². The molecule has 0 atom stereocenters. The molecular formula is C11H13F3N2S. The Morgan fingerprint density at radius 3 is 2.65 bits per heavy atom. The van der Waals surface area contributed by atoms with E-state index in [0.717, 1.165) is 18.9 Å². The maximum atomic E-state index is 12.4. The Hall–Kier alpha value is -0.910. The summed E-state index contributed by atoms with van der Waals surface area (Å²) in [6, 6.07) is 3.91. The van der Waals surface area contributed by atoms with E-state index < -0.39 is 11.9 Å². The number of hydrogen-bond donors (Lipinski definition) is 1. The maximum absolute atomic E-state index is 12.4. The van der Waals surface area contributed by atoms with Gasteiger partial charge in [0.1, 0.15) is 11.5 Å². The average molecular weight is 262 g/mol. The molecule has 1 aliphatic carbocycles. The maximum Gasteiger partial charge on any atom is 0.433 e. The first-order valence-corrected chi connectivity index (χ1v) is 6.51. The highest BCUT2D eigenvalue weighted by molar-refractivity contribution is 8.00. The number of anilines is 1. The number of nitrogens with one attached hydrogen (secondary N) is 1. The van der Waals surface area contributed by atoms with Crippen LogP contribution < -0.4 is 5.32 Å². The van der Waals surface area contributed by atoms with Crippen molar-refractivity contribution in [1.82, 2.24) is 4.98 Å². The summed E-state index contributed by atoms with van der Waals surface area (Å²) >= 11 is 1.75. The van der Waals surface area contributed by atoms with Gasteiger partial charge < -0.3 is 5.32 Å². The van der Waals surface area contributed by atoms with E-state index in [0.29, 0.717) is 12.4 Å². The normalized spacial score (nSPS) is 17.9. The molecule has 1 aliphatic rings. The van der Waals surface area contributed by atoms with Gasteiger partial charge in [-0.05, 0) is 31.2 Å². The first-order valence-electron chi connectivity index (χ1n) is 5.28. The third-order valence-corrected chi connectivity index (χ3v) is 4.29. The van der Waals surface area contributed by atoms with E-state index in [4.69, 9.17) is 0 Å². The van der Waals surface area contributed by atoms with Crippen molar-refractivity contribution in [2.45, 2.75) is 23.8 Å². The SMILES string of the molecule is CSC1(CNc2cccc(C(F)(F)F)n2)CC1. The smallest absolute Gasteiger partial charge is 0.369 e. The molecule has 1 aromatic heterocycles. The van der Waals surface area contributed by atoms with Crippen molar-refractivity contribution >= 4 is 17.6 Å². The van der Waals surface area contributed by atoms with Gasteiger partial charge in [-0.2, -0.15) is 24.9 Å². The van der Waals surface area contributed by atoms with E-state index in [-0.39, 0.29) is 4.75 Å². The van der Waals surface area contributed by atoms with Crippen LogP contribution in [0.2, 0.25) is 0 Å². The van der Waals surface area contributed by atoms with Crippen molar-refractivity contribution in [1.29, 1.82) is 0 Å². The van der Waals surface area contributed by atoms with Gasteiger partial charge in [0, 0.05) is 11.3 Å². The molecule has 2 rings (SSSR count). The molecule has 0 aliphatic heterocycles. The van der Waals surface area contributed by atoms with Crippen molar-refractivity contribution in [3.05, 3.63) is 23.9 Å². The fourth-order valence-electron chi connectivity index (χ4n) is 1.54. The number of thioether (sulfide) groups is 1. The summed E-state index contributed by atoms with van der Waals surface area (Å²) in [6.07, 6.45) is -0.136. The Labute approximate surface area is 102 Å². The molecule has 0 bridgehead atoms. The van der Waals surface area contributed by atoms with E-state index in [1.54, 1.807) is 17.8 Å². The van der Waals surface area contributed by atoms with Crippen molar-refractivity contribution < 1.29 is 13.2 Å². The van der Waals surface area contributed by atoms with E-state index in [9.17, 15) is 13.2 Å². The van der Waals surface area contributed by atoms with Crippen LogP contribution >= 0.6 is 11.8 Å². The molecule has 6 heteroatoms. The molecule has 0 spiro atoms. The Morgan fingerprint density at radius 1 is 1.41 bits per heavy atom. The summed E-state index contributed by atoms with van der Waals surface area (Å²) in [7, 11) is 0. The third kappa shape index (κ3) is 3.06. The van der Waals surface area contributed by atoms with Crippen LogP contribution in [-0.4, -0.2) is 22.5 Å². The molecule has 1 aromatic rings. The van der Waals surface area contributed by atoms with Crippen molar-refractivity contribution in [2.75, 3.05) is 18.1 Å². The highest BCUT2D eigenvalue weighted by atomic mass is 32.2. The molecule has 0 unspecified atom stereocenters. The second kappa shape index (κ2) is 4.40. The second-order valence-corrected chi connectivity index (χ2v) is 5.42. The molecule has 0 amide bonds. The van der Waals surface area contributed by atoms with Crippen LogP contribution in [0.25, 0.3) is 0 Å². The van der Waals surface area contributed by atoms with E-state index in [2.05, 4.69) is 10.3 Å². The molecule has 0 saturated heterocycles. The van der Waals surface area contributed by atoms with E-state index >= 15 is 0 Å². The fourth-order valence-corrected chi connectivity index (χ4v) is 2.26. The lowest BCUT2D eigenvalue weighted by molar-refractivity contribution is -0.141. The molecule has 17 heavy (non-hydrogen) atoms. The lowest BCUT2D eigenvalue weighted by Crippen LogP contribution is -2.19. The molecule has 94 valence electrons. The van der Waals surface area contributed by atoms with E-state index in [1.165, 1.54) is 6.07 Å². The largest absolute Gasteiger partial charge is 0.433 e. The van der Waals surface area contributed by atoms with Gasteiger partial charge in [-0.3, -0.25) is 0 Å². The van der Waals surface area contributed by atoms with Crippen LogP contribution in [0.3, 0.4) is 0 Å². The van der Waals surface area contributed by atoms with Gasteiger partial charge in [-0.25, -0.2) is 4.98 Å². The van der Waals surface area contributed by atoms with Gasteiger partial charge >= 0.3 is 6.18 Å². The minimum absolute atomic E-state index is 0.204. The zero-order valence-corrected chi connectivity index (χ0v) is 10.2. The summed E-state index contributed by atoms with van der Waals surface area (Å²) in [5.74, 6) is 0.292. The highest BCUT2D eigenvalue weighted by Crippen LogP contribution is 2.47. The van der Waals surface area contributed by atoms with E-state index in [1.807, 2.05) is 6.26 Å². The number of aromatic nitrogens is 1. The first kappa shape index (κ1) is 12.5. The monoisotopic (exact) mass is 262 g/mol. The summed E-state index contributed by atoms with van der Waals surface area (Å²) in [5, 5.41) is 2.98. The first-order chi connectivity index (χ1) is 7.95. The second-order valence-electron chi connectivity index (χ2n) is 4.15. The number of rotatable bonds is 4. The third-order valence-electron chi connectivity index (χ3n) is 2.87. The van der Waals surface area contributed by atoms with Crippen LogP contribution in [0.5, 0.6) is 0 Å². The number of alkyl halides is 3. The predicted molar refractivity (Wildman–Crippen MR) is 63.2 cm³/mol. The lowest BCUT2D eigenvalue weighted by atomic mass is 10.3. The number of hydrogen-bond acceptors (Lipinski definition) is 3. The van der Waals surface area contributed by atoms with Crippen LogP contribution in [0.4, 0.5) is 19.0 Å². The van der Waals surface area contributed by atoms with Crippen LogP contribution in [0.1, 0.15) is 18.5 Å². The average Bonchev–Trinajstić information content (AvgIpc) is 3.06. The summed E-state index contributed by atoms with van der Waals surface area (Å²) < 4.78 is 37.5. The van der Waals surface area contributed by atoms with Gasteiger partial charge in [0.05, 0.1) is 0 Å². The van der Waals surface area contributed by atoms with Crippen LogP contribution in [0, 0.1) is 0 Å². The van der Waals surface area contributed by atoms with Gasteiger partial charge in [0.2, 0.25) is 0 Å². The Kier molecular flexibility index (Phi) is 3.25. The molecule has 1 fully saturated rings. The van der Waals surface area contributed by atoms with Gasteiger partial charge in [0.25, 0.3) is 0 Å². The molecule has 1 saturated carbocycles. The van der Waals surface area contributed by atoms with Crippen molar-refractivity contribution in [3.8, 4) is 0 Å². The number of nitrogens with zero attached hydrogens (tertiary/aromatic N) is 1. The quantitative estimate of drug-likeness (QED) is 0.900. The van der Waals surface area contributed by atoms with Crippen LogP contribution in [0.15, 0.2) is 18.2 Å². The summed E-state index contributed by atoms with van der Waals surface area (Å²) in [4.78, 5) is 3.56. The van der Waals surface area contributed by atoms with Crippen LogP contribution in [-0.2, 0) is 6.18 Å². The highest BCUT2D eigenvalue weighted by Gasteiger charge is 2.41. The zero-order chi connectivity index (χ0) is 12.5. The molecule has 1 N–H and O–H groups in total. The molecule has 2 nitrogen and oxygen atoms in total. The van der Waals surface area contributed by atoms with Gasteiger partial charge in [-0.1, -0.05) is 6.07 Å². The summed E-state index contributed by atoms with van der Waals surface area (Å²) in [5.41, 5.74) is -0.850. The predicted octanol–water partition coefficient (Wildman–Crippen LogP) is 3.41. The minimum atomic E-state index is -4.38. The van der Waals surface area contributed by atoms with Crippen molar-refractivity contribution in [3.63, 3.8) is 0 Å². The minimum Gasteiger partial charge on any atom is -0.369 e. The van der Waals surface area contributed by atoms with Crippen molar-refractivity contribution in [2.24, 2.45) is 0 Å². The topological polar surface area (TPSA) is 24.9 Å². The number of halogens is 3. The fraction of sp³-hybridized carbons (Fsp3) is 0.545. The Bertz CT molecular complexity index is 402. The zero-order valence-electron chi connectivity index (χ0n) is 9.34. The van der Waals surface area contributed by atoms with Gasteiger partial charge in [-0.15, -0.1) is 0 Å². The number of pyridine rings is 1. The Balaban J connectivity index is 2.02. The standard InChI is InChI=1S/C11H13F3N2S/c1-17-10(5-6-10)7-15-9-4-2-3-8(16-9)11(12,13)14/h2-4H,5-7H2,1H3,(H,15,16). The lowest BCUT2D eigenvalue weighted by Gasteiger charge is -2.14. The summed E-state index contributed by atoms with van der Waals surface area (Å²) in [6.45, 7) is 0.669. The molecule has 0 aromatic carbocycles. The Morgan fingerprint density at radius 2 is 2.12 bits per heavy atom. The molecule has 0 radical (unpaired) electrons. The molecular weight excluding hydrogens is 249 g/mol.